The molecule has 1 N–H and O–H groups in total. The van der Waals surface area contributed by atoms with Crippen LogP contribution in [-0.2, 0) is 0 Å². The summed E-state index contributed by atoms with van der Waals surface area (Å²) in [5, 5.41) is 8.74. The van der Waals surface area contributed by atoms with Crippen molar-refractivity contribution in [3.8, 4) is 0 Å². The molecule has 0 aliphatic rings. The maximum Gasteiger partial charge on any atom is 0.414 e. The summed E-state index contributed by atoms with van der Waals surface area (Å²) in [6.45, 7) is 1.73. The van der Waals surface area contributed by atoms with E-state index in [0.717, 1.165) is 5.56 Å². The van der Waals surface area contributed by atoms with Gasteiger partial charge in [-0.2, -0.15) is 13.2 Å². The second-order valence-electron chi connectivity index (χ2n) is 3.55. The Hall–Kier alpha value is -1.36. The number of benzene rings is 1. The van der Waals surface area contributed by atoms with E-state index in [9.17, 15) is 18.0 Å². The van der Waals surface area contributed by atoms with Gasteiger partial charge in [0.25, 0.3) is 0 Å². The predicted molar refractivity (Wildman–Crippen MR) is 52.2 cm³/mol. The fraction of sp³-hybridized carbons (Fsp3) is 0.364. The summed E-state index contributed by atoms with van der Waals surface area (Å²) in [7, 11) is 0. The number of halogens is 3. The first-order chi connectivity index (χ1) is 7.30. The molecule has 1 atom stereocenters. The van der Waals surface area contributed by atoms with E-state index in [1.807, 2.05) is 0 Å². The van der Waals surface area contributed by atoms with Crippen LogP contribution in [0, 0.1) is 6.92 Å². The molecule has 0 bridgehead atoms. The second-order valence-corrected chi connectivity index (χ2v) is 3.55. The lowest BCUT2D eigenvalue weighted by atomic mass is 10.0. The summed E-state index contributed by atoms with van der Waals surface area (Å²) in [4.78, 5) is 11.4. The van der Waals surface area contributed by atoms with Crippen LogP contribution in [0.1, 0.15) is 22.3 Å². The van der Waals surface area contributed by atoms with E-state index in [1.54, 1.807) is 19.1 Å². The first kappa shape index (κ1) is 12.7. The molecule has 1 aromatic rings. The quantitative estimate of drug-likeness (QED) is 0.813. The Morgan fingerprint density at radius 2 is 2.06 bits per heavy atom. The second kappa shape index (κ2) is 4.65. The van der Waals surface area contributed by atoms with Gasteiger partial charge in [0.05, 0.1) is 0 Å². The molecule has 0 saturated carbocycles. The highest BCUT2D eigenvalue weighted by Crippen LogP contribution is 2.23. The van der Waals surface area contributed by atoms with Gasteiger partial charge in [0.1, 0.15) is 0 Å². The van der Waals surface area contributed by atoms with Crippen LogP contribution in [0.5, 0.6) is 0 Å². The molecule has 88 valence electrons. The van der Waals surface area contributed by atoms with E-state index >= 15 is 0 Å². The zero-order valence-corrected chi connectivity index (χ0v) is 8.58. The van der Waals surface area contributed by atoms with Gasteiger partial charge in [-0.05, 0) is 13.0 Å². The van der Waals surface area contributed by atoms with E-state index < -0.39 is 24.5 Å². The number of hydrogen-bond donors (Lipinski definition) is 1. The van der Waals surface area contributed by atoms with Gasteiger partial charge >= 0.3 is 6.18 Å². The van der Waals surface area contributed by atoms with Crippen molar-refractivity contribution in [1.82, 2.24) is 0 Å². The van der Waals surface area contributed by atoms with Crippen molar-refractivity contribution < 1.29 is 23.1 Å². The highest BCUT2D eigenvalue weighted by Gasteiger charge is 2.39. The summed E-state index contributed by atoms with van der Waals surface area (Å²) in [6, 6.07) is 6.24. The molecule has 16 heavy (non-hydrogen) atoms. The molecule has 1 rings (SSSR count). The summed E-state index contributed by atoms with van der Waals surface area (Å²) < 4.78 is 36.0. The van der Waals surface area contributed by atoms with Crippen molar-refractivity contribution in [1.29, 1.82) is 0 Å². The Kier molecular flexibility index (Phi) is 3.70. The number of ketones is 1. The lowest BCUT2D eigenvalue weighted by Crippen LogP contribution is -2.30. The minimum atomic E-state index is -4.75. The average molecular weight is 232 g/mol. The van der Waals surface area contributed by atoms with E-state index in [-0.39, 0.29) is 5.56 Å². The Morgan fingerprint density at radius 3 is 2.56 bits per heavy atom. The van der Waals surface area contributed by atoms with Crippen molar-refractivity contribution in [3.05, 3.63) is 35.4 Å². The Morgan fingerprint density at radius 1 is 1.44 bits per heavy atom. The van der Waals surface area contributed by atoms with Crippen LogP contribution in [0.2, 0.25) is 0 Å². The van der Waals surface area contributed by atoms with Gasteiger partial charge in [0, 0.05) is 12.0 Å². The maximum atomic E-state index is 12.0. The summed E-state index contributed by atoms with van der Waals surface area (Å²) >= 11 is 0. The van der Waals surface area contributed by atoms with Gasteiger partial charge < -0.3 is 5.11 Å². The molecule has 0 saturated heterocycles. The average Bonchev–Trinajstić information content (AvgIpc) is 2.16. The number of alkyl halides is 3. The van der Waals surface area contributed by atoms with Crippen molar-refractivity contribution in [2.45, 2.75) is 25.6 Å². The molecule has 0 heterocycles. The summed E-state index contributed by atoms with van der Waals surface area (Å²) in [5.74, 6) is -0.714. The SMILES string of the molecule is Cc1cccc(C(=O)C[C@@H](O)C(F)(F)F)c1. The summed E-state index contributed by atoms with van der Waals surface area (Å²) in [5.41, 5.74) is 0.968. The highest BCUT2D eigenvalue weighted by molar-refractivity contribution is 5.96. The van der Waals surface area contributed by atoms with Crippen molar-refractivity contribution in [2.24, 2.45) is 0 Å². The van der Waals surface area contributed by atoms with Crippen molar-refractivity contribution in [2.75, 3.05) is 0 Å². The topological polar surface area (TPSA) is 37.3 Å². The van der Waals surface area contributed by atoms with Gasteiger partial charge in [0.2, 0.25) is 0 Å². The fourth-order valence-electron chi connectivity index (χ4n) is 1.23. The molecule has 1 aromatic carbocycles. The van der Waals surface area contributed by atoms with Gasteiger partial charge in [-0.15, -0.1) is 0 Å². The molecule has 0 aliphatic heterocycles. The van der Waals surface area contributed by atoms with E-state index in [2.05, 4.69) is 0 Å². The molecule has 0 radical (unpaired) electrons. The van der Waals surface area contributed by atoms with Crippen LogP contribution in [-0.4, -0.2) is 23.2 Å². The largest absolute Gasteiger partial charge is 0.414 e. The molecule has 0 unspecified atom stereocenters. The molecule has 0 fully saturated rings. The number of rotatable bonds is 3. The van der Waals surface area contributed by atoms with Crippen molar-refractivity contribution in [3.63, 3.8) is 0 Å². The maximum absolute atomic E-state index is 12.0. The number of aliphatic hydroxyl groups is 1. The molecule has 5 heteroatoms. The fourth-order valence-corrected chi connectivity index (χ4v) is 1.23. The van der Waals surface area contributed by atoms with E-state index in [4.69, 9.17) is 5.11 Å². The van der Waals surface area contributed by atoms with Crippen molar-refractivity contribution >= 4 is 5.78 Å². The molecular formula is C11H11F3O2. The third kappa shape index (κ3) is 3.34. The zero-order chi connectivity index (χ0) is 12.3. The Bertz CT molecular complexity index is 385. The molecule has 0 amide bonds. The van der Waals surface area contributed by atoms with E-state index in [1.165, 1.54) is 12.1 Å². The number of aryl methyl sites for hydroxylation is 1. The third-order valence-corrected chi connectivity index (χ3v) is 2.10. The molecule has 0 aliphatic carbocycles. The zero-order valence-electron chi connectivity index (χ0n) is 8.58. The Balaban J connectivity index is 2.74. The lowest BCUT2D eigenvalue weighted by molar-refractivity contribution is -0.202. The molecule has 0 aromatic heterocycles. The first-order valence-electron chi connectivity index (χ1n) is 4.65. The Labute approximate surface area is 90.7 Å². The normalized spacial score (nSPS) is 13.6. The first-order valence-corrected chi connectivity index (χ1v) is 4.65. The standard InChI is InChI=1S/C11H11F3O2/c1-7-3-2-4-8(5-7)9(15)6-10(16)11(12,13)14/h2-5,10,16H,6H2,1H3/t10-/m1/s1. The highest BCUT2D eigenvalue weighted by atomic mass is 19.4. The number of carbonyl (C=O) groups is 1. The molecule has 0 spiro atoms. The van der Waals surface area contributed by atoms with E-state index in [0.29, 0.717) is 0 Å². The number of aliphatic hydroxyl groups excluding tert-OH is 1. The van der Waals surface area contributed by atoms with Crippen LogP contribution >= 0.6 is 0 Å². The summed E-state index contributed by atoms with van der Waals surface area (Å²) in [6.07, 6.45) is -8.28. The van der Waals surface area contributed by atoms with Crippen LogP contribution < -0.4 is 0 Å². The van der Waals surface area contributed by atoms with Crippen LogP contribution in [0.3, 0.4) is 0 Å². The predicted octanol–water partition coefficient (Wildman–Crippen LogP) is 2.49. The van der Waals surface area contributed by atoms with Gasteiger partial charge in [-0.3, -0.25) is 4.79 Å². The van der Waals surface area contributed by atoms with Crippen LogP contribution in [0.4, 0.5) is 13.2 Å². The van der Waals surface area contributed by atoms with Gasteiger partial charge in [-0.25, -0.2) is 0 Å². The molecular weight excluding hydrogens is 221 g/mol. The smallest absolute Gasteiger partial charge is 0.383 e. The minimum absolute atomic E-state index is 0.184. The number of carbonyl (C=O) groups excluding carboxylic acids is 1. The molecule has 2 nitrogen and oxygen atoms in total. The van der Waals surface area contributed by atoms with Gasteiger partial charge in [0.15, 0.2) is 11.9 Å². The number of Topliss-reactive ketones (excluding diaryl/α,β-unsaturated/α-hetero) is 1. The lowest BCUT2D eigenvalue weighted by Gasteiger charge is -2.13. The monoisotopic (exact) mass is 232 g/mol. The van der Waals surface area contributed by atoms with Crippen LogP contribution in [0.15, 0.2) is 24.3 Å². The van der Waals surface area contributed by atoms with Crippen LogP contribution in [0.25, 0.3) is 0 Å². The number of hydrogen-bond acceptors (Lipinski definition) is 2. The third-order valence-electron chi connectivity index (χ3n) is 2.10. The van der Waals surface area contributed by atoms with Gasteiger partial charge in [-0.1, -0.05) is 23.8 Å². The minimum Gasteiger partial charge on any atom is -0.383 e.